The van der Waals surface area contributed by atoms with E-state index in [1.807, 2.05) is 30.3 Å². The molecule has 0 spiro atoms. The Balaban J connectivity index is 1.89. The molecular weight excluding hydrogens is 210 g/mol. The summed E-state index contributed by atoms with van der Waals surface area (Å²) in [4.78, 5) is 4.52. The van der Waals surface area contributed by atoms with Crippen LogP contribution in [-0.4, -0.2) is 5.84 Å². The van der Waals surface area contributed by atoms with Gasteiger partial charge in [-0.15, -0.1) is 0 Å². The number of nitrogens with two attached hydrogens (primary N) is 1. The van der Waals surface area contributed by atoms with Crippen LogP contribution < -0.4 is 11.3 Å². The van der Waals surface area contributed by atoms with E-state index in [1.54, 1.807) is 0 Å². The highest BCUT2D eigenvalue weighted by Crippen LogP contribution is 2.28. The fraction of sp³-hybridized carbons (Fsp3) is 0.500. The van der Waals surface area contributed by atoms with Crippen LogP contribution in [-0.2, 0) is 0 Å². The van der Waals surface area contributed by atoms with Crippen LogP contribution in [0, 0.1) is 5.92 Å². The number of rotatable bonds is 4. The van der Waals surface area contributed by atoms with Gasteiger partial charge in [0.05, 0.1) is 5.69 Å². The minimum atomic E-state index is 0.879. The molecule has 1 saturated carbocycles. The Labute approximate surface area is 103 Å². The number of hydrazine groups is 1. The highest BCUT2D eigenvalue weighted by molar-refractivity contribution is 5.84. The van der Waals surface area contributed by atoms with Crippen LogP contribution in [0.2, 0.25) is 0 Å². The normalized spacial score (nSPS) is 17.4. The maximum atomic E-state index is 5.52. The van der Waals surface area contributed by atoms with Crippen LogP contribution in [0.25, 0.3) is 0 Å². The summed E-state index contributed by atoms with van der Waals surface area (Å²) in [6.07, 6.45) is 7.70. The van der Waals surface area contributed by atoms with Gasteiger partial charge in [0.2, 0.25) is 0 Å². The molecule has 2 rings (SSSR count). The molecule has 0 unspecified atom stereocenters. The van der Waals surface area contributed by atoms with E-state index < -0.39 is 0 Å². The van der Waals surface area contributed by atoms with Crippen LogP contribution in [0.3, 0.4) is 0 Å². The topological polar surface area (TPSA) is 50.4 Å². The molecule has 1 fully saturated rings. The molecule has 1 aliphatic carbocycles. The molecule has 3 N–H and O–H groups in total. The SMILES string of the molecule is NNC(CCC1CCCC1)=Nc1ccccc1. The molecule has 0 heterocycles. The van der Waals surface area contributed by atoms with Crippen LogP contribution in [0.4, 0.5) is 5.69 Å². The van der Waals surface area contributed by atoms with E-state index in [1.165, 1.54) is 32.1 Å². The Morgan fingerprint density at radius 1 is 1.24 bits per heavy atom. The molecule has 0 aliphatic heterocycles. The fourth-order valence-electron chi connectivity index (χ4n) is 2.46. The molecule has 1 aromatic rings. The molecule has 3 heteroatoms. The van der Waals surface area contributed by atoms with E-state index in [-0.39, 0.29) is 0 Å². The maximum Gasteiger partial charge on any atom is 0.116 e. The van der Waals surface area contributed by atoms with Gasteiger partial charge < -0.3 is 5.43 Å². The molecule has 0 aromatic heterocycles. The third-order valence-electron chi connectivity index (χ3n) is 3.45. The molecule has 0 saturated heterocycles. The lowest BCUT2D eigenvalue weighted by Gasteiger charge is -2.10. The monoisotopic (exact) mass is 231 g/mol. The second-order valence-corrected chi connectivity index (χ2v) is 4.73. The van der Waals surface area contributed by atoms with Gasteiger partial charge in [0.15, 0.2) is 0 Å². The molecule has 0 radical (unpaired) electrons. The van der Waals surface area contributed by atoms with Crippen molar-refractivity contribution in [2.24, 2.45) is 16.8 Å². The second kappa shape index (κ2) is 6.40. The molecular formula is C14H21N3. The largest absolute Gasteiger partial charge is 0.312 e. The molecule has 0 atom stereocenters. The Bertz CT molecular complexity index is 353. The summed E-state index contributed by atoms with van der Waals surface area (Å²) < 4.78 is 0. The van der Waals surface area contributed by atoms with E-state index in [0.717, 1.165) is 23.9 Å². The van der Waals surface area contributed by atoms with E-state index in [9.17, 15) is 0 Å². The number of aliphatic imine (C=N–C) groups is 1. The van der Waals surface area contributed by atoms with Gasteiger partial charge in [-0.1, -0.05) is 43.9 Å². The quantitative estimate of drug-likeness (QED) is 0.362. The van der Waals surface area contributed by atoms with Crippen molar-refractivity contribution in [3.63, 3.8) is 0 Å². The van der Waals surface area contributed by atoms with Crippen molar-refractivity contribution in [3.8, 4) is 0 Å². The summed E-state index contributed by atoms with van der Waals surface area (Å²) in [6.45, 7) is 0. The molecule has 1 aliphatic rings. The minimum absolute atomic E-state index is 0.879. The standard InChI is InChI=1S/C14H21N3/c15-17-14(11-10-12-6-4-5-7-12)16-13-8-2-1-3-9-13/h1-3,8-9,12H,4-7,10-11,15H2,(H,16,17). The van der Waals surface area contributed by atoms with Gasteiger partial charge in [-0.25, -0.2) is 10.8 Å². The number of amidine groups is 1. The first kappa shape index (κ1) is 12.1. The van der Waals surface area contributed by atoms with Crippen molar-refractivity contribution < 1.29 is 0 Å². The summed E-state index contributed by atoms with van der Waals surface area (Å²) >= 11 is 0. The van der Waals surface area contributed by atoms with Crippen LogP contribution in [0.5, 0.6) is 0 Å². The summed E-state index contributed by atoms with van der Waals surface area (Å²) in [5.41, 5.74) is 3.69. The number of hydrogen-bond acceptors (Lipinski definition) is 2. The summed E-state index contributed by atoms with van der Waals surface area (Å²) in [5, 5.41) is 0. The summed E-state index contributed by atoms with van der Waals surface area (Å²) in [5.74, 6) is 7.30. The Hall–Kier alpha value is -1.35. The second-order valence-electron chi connectivity index (χ2n) is 4.73. The fourth-order valence-corrected chi connectivity index (χ4v) is 2.46. The predicted molar refractivity (Wildman–Crippen MR) is 72.1 cm³/mol. The molecule has 1 aromatic carbocycles. The number of benzene rings is 1. The first-order chi connectivity index (χ1) is 8.38. The van der Waals surface area contributed by atoms with Crippen LogP contribution in [0.15, 0.2) is 35.3 Å². The predicted octanol–water partition coefficient (Wildman–Crippen LogP) is 3.15. The minimum Gasteiger partial charge on any atom is -0.312 e. The van der Waals surface area contributed by atoms with E-state index >= 15 is 0 Å². The van der Waals surface area contributed by atoms with Gasteiger partial charge in [0.25, 0.3) is 0 Å². The van der Waals surface area contributed by atoms with Crippen molar-refractivity contribution in [1.29, 1.82) is 0 Å². The van der Waals surface area contributed by atoms with E-state index in [0.29, 0.717) is 0 Å². The maximum absolute atomic E-state index is 5.52. The average Bonchev–Trinajstić information content (AvgIpc) is 2.89. The highest BCUT2D eigenvalue weighted by atomic mass is 15.2. The van der Waals surface area contributed by atoms with Crippen LogP contribution >= 0.6 is 0 Å². The van der Waals surface area contributed by atoms with E-state index in [4.69, 9.17) is 5.84 Å². The first-order valence-electron chi connectivity index (χ1n) is 6.47. The molecule has 92 valence electrons. The first-order valence-corrected chi connectivity index (χ1v) is 6.47. The van der Waals surface area contributed by atoms with Gasteiger partial charge in [0, 0.05) is 6.42 Å². The van der Waals surface area contributed by atoms with Crippen molar-refractivity contribution in [3.05, 3.63) is 30.3 Å². The number of nitrogens with one attached hydrogen (secondary N) is 1. The van der Waals surface area contributed by atoms with Gasteiger partial charge >= 0.3 is 0 Å². The van der Waals surface area contributed by atoms with Crippen molar-refractivity contribution in [1.82, 2.24) is 5.43 Å². The van der Waals surface area contributed by atoms with Gasteiger partial charge in [-0.2, -0.15) is 0 Å². The zero-order valence-electron chi connectivity index (χ0n) is 10.2. The lowest BCUT2D eigenvalue weighted by Crippen LogP contribution is -2.30. The smallest absolute Gasteiger partial charge is 0.116 e. The summed E-state index contributed by atoms with van der Waals surface area (Å²) in [6, 6.07) is 9.96. The third kappa shape index (κ3) is 3.86. The zero-order valence-corrected chi connectivity index (χ0v) is 10.2. The summed E-state index contributed by atoms with van der Waals surface area (Å²) in [7, 11) is 0. The van der Waals surface area contributed by atoms with Crippen molar-refractivity contribution >= 4 is 11.5 Å². The van der Waals surface area contributed by atoms with Crippen molar-refractivity contribution in [2.45, 2.75) is 38.5 Å². The zero-order chi connectivity index (χ0) is 11.9. The average molecular weight is 231 g/mol. The lowest BCUT2D eigenvalue weighted by molar-refractivity contribution is 0.512. The lowest BCUT2D eigenvalue weighted by atomic mass is 10.0. The van der Waals surface area contributed by atoms with Crippen LogP contribution in [0.1, 0.15) is 38.5 Å². The third-order valence-corrected chi connectivity index (χ3v) is 3.45. The Kier molecular flexibility index (Phi) is 4.56. The highest BCUT2D eigenvalue weighted by Gasteiger charge is 2.15. The molecule has 0 bridgehead atoms. The Morgan fingerprint density at radius 2 is 1.94 bits per heavy atom. The number of nitrogens with zero attached hydrogens (tertiary/aromatic N) is 1. The molecule has 3 nitrogen and oxygen atoms in total. The van der Waals surface area contributed by atoms with Gasteiger partial charge in [-0.05, 0) is 24.5 Å². The Morgan fingerprint density at radius 3 is 2.59 bits per heavy atom. The number of hydrogen-bond donors (Lipinski definition) is 2. The van der Waals surface area contributed by atoms with E-state index in [2.05, 4.69) is 10.4 Å². The number of para-hydroxylation sites is 1. The van der Waals surface area contributed by atoms with Gasteiger partial charge in [-0.3, -0.25) is 0 Å². The van der Waals surface area contributed by atoms with Gasteiger partial charge in [0.1, 0.15) is 5.84 Å². The molecule has 0 amide bonds. The molecule has 17 heavy (non-hydrogen) atoms. The van der Waals surface area contributed by atoms with Crippen molar-refractivity contribution in [2.75, 3.05) is 0 Å².